The molecule has 0 bridgehead atoms. The summed E-state index contributed by atoms with van der Waals surface area (Å²) < 4.78 is 10.6. The molecule has 0 saturated carbocycles. The van der Waals surface area contributed by atoms with E-state index < -0.39 is 23.3 Å². The number of hydrogen-bond acceptors (Lipinski definition) is 4. The average Bonchev–Trinajstić information content (AvgIpc) is 2.59. The molecule has 0 fully saturated rings. The van der Waals surface area contributed by atoms with Gasteiger partial charge in [0.05, 0.1) is 13.2 Å². The van der Waals surface area contributed by atoms with Crippen LogP contribution in [-0.4, -0.2) is 25.2 Å². The zero-order valence-corrected chi connectivity index (χ0v) is 14.9. The zero-order chi connectivity index (χ0) is 18.0. The summed E-state index contributed by atoms with van der Waals surface area (Å²) >= 11 is 0. The smallest absolute Gasteiger partial charge is 0.324 e. The van der Waals surface area contributed by atoms with Crippen molar-refractivity contribution in [2.75, 3.05) is 13.2 Å². The zero-order valence-electron chi connectivity index (χ0n) is 14.9. The van der Waals surface area contributed by atoms with Gasteiger partial charge in [0.25, 0.3) is 0 Å². The number of benzene rings is 1. The molecule has 1 atom stereocenters. The highest BCUT2D eigenvalue weighted by Crippen LogP contribution is 2.43. The summed E-state index contributed by atoms with van der Waals surface area (Å²) in [7, 11) is 0. The van der Waals surface area contributed by atoms with Crippen LogP contribution in [0.4, 0.5) is 0 Å². The van der Waals surface area contributed by atoms with E-state index >= 15 is 0 Å². The summed E-state index contributed by atoms with van der Waals surface area (Å²) in [4.78, 5) is 25.8. The minimum atomic E-state index is -1.40. The Balaban J connectivity index is 3.47. The van der Waals surface area contributed by atoms with Crippen molar-refractivity contribution in [1.82, 2.24) is 0 Å². The highest BCUT2D eigenvalue weighted by Gasteiger charge is 2.53. The van der Waals surface area contributed by atoms with Gasteiger partial charge in [-0.1, -0.05) is 56.2 Å². The van der Waals surface area contributed by atoms with Crippen molar-refractivity contribution in [3.05, 3.63) is 48.6 Å². The molecular weight excluding hydrogens is 304 g/mol. The Morgan fingerprint density at radius 3 is 2.04 bits per heavy atom. The van der Waals surface area contributed by atoms with Gasteiger partial charge < -0.3 is 9.47 Å². The molecule has 0 spiro atoms. The highest BCUT2D eigenvalue weighted by atomic mass is 16.6. The lowest BCUT2D eigenvalue weighted by molar-refractivity contribution is -0.174. The van der Waals surface area contributed by atoms with E-state index in [1.807, 2.05) is 37.3 Å². The van der Waals surface area contributed by atoms with Gasteiger partial charge in [-0.15, -0.1) is 6.58 Å². The van der Waals surface area contributed by atoms with Gasteiger partial charge in [0, 0.05) is 5.92 Å². The van der Waals surface area contributed by atoms with Crippen LogP contribution in [0.1, 0.15) is 51.5 Å². The summed E-state index contributed by atoms with van der Waals surface area (Å²) in [5.41, 5.74) is -0.546. The fourth-order valence-electron chi connectivity index (χ4n) is 2.95. The molecule has 0 saturated heterocycles. The van der Waals surface area contributed by atoms with E-state index in [1.165, 1.54) is 0 Å². The van der Waals surface area contributed by atoms with E-state index in [0.29, 0.717) is 6.42 Å². The van der Waals surface area contributed by atoms with Crippen LogP contribution in [0, 0.1) is 5.41 Å². The Bertz CT molecular complexity index is 518. The minimum Gasteiger partial charge on any atom is -0.465 e. The van der Waals surface area contributed by atoms with Crippen molar-refractivity contribution in [2.45, 2.75) is 46.0 Å². The van der Waals surface area contributed by atoms with Crippen molar-refractivity contribution in [3.63, 3.8) is 0 Å². The lowest BCUT2D eigenvalue weighted by Crippen LogP contribution is -2.46. The molecule has 0 aliphatic carbocycles. The molecule has 0 radical (unpaired) electrons. The van der Waals surface area contributed by atoms with Crippen LogP contribution in [0.2, 0.25) is 0 Å². The third kappa shape index (κ3) is 4.25. The highest BCUT2D eigenvalue weighted by molar-refractivity contribution is 6.01. The summed E-state index contributed by atoms with van der Waals surface area (Å²) in [5, 5.41) is 0. The Hall–Kier alpha value is -2.10. The van der Waals surface area contributed by atoms with Crippen molar-refractivity contribution in [2.24, 2.45) is 5.41 Å². The monoisotopic (exact) mass is 332 g/mol. The first kappa shape index (κ1) is 19.9. The van der Waals surface area contributed by atoms with E-state index in [-0.39, 0.29) is 13.2 Å². The second-order valence-corrected chi connectivity index (χ2v) is 5.64. The number of rotatable bonds is 10. The largest absolute Gasteiger partial charge is 0.465 e. The number of carbonyl (C=O) groups is 2. The molecule has 24 heavy (non-hydrogen) atoms. The average molecular weight is 332 g/mol. The molecule has 4 heteroatoms. The van der Waals surface area contributed by atoms with Gasteiger partial charge in [0.15, 0.2) is 5.41 Å². The first-order valence-corrected chi connectivity index (χ1v) is 8.60. The van der Waals surface area contributed by atoms with Crippen LogP contribution in [0.5, 0.6) is 0 Å². The lowest BCUT2D eigenvalue weighted by atomic mass is 9.68. The standard InChI is InChI=1S/C20H28O4/c1-5-9-15-20(18(21)23-7-3,19(22)24-8-4)17(6-2)16-13-11-10-12-14-16/h6,10-14,17H,2,5,7-9,15H2,1,3-4H3. The van der Waals surface area contributed by atoms with Gasteiger partial charge in [0.1, 0.15) is 0 Å². The van der Waals surface area contributed by atoms with Crippen LogP contribution >= 0.6 is 0 Å². The van der Waals surface area contributed by atoms with Gasteiger partial charge in [-0.3, -0.25) is 9.59 Å². The maximum absolute atomic E-state index is 12.9. The number of carbonyl (C=O) groups excluding carboxylic acids is 2. The fraction of sp³-hybridized carbons (Fsp3) is 0.500. The predicted octanol–water partition coefficient (Wildman–Crippen LogP) is 4.26. The number of unbranched alkanes of at least 4 members (excludes halogenated alkanes) is 1. The van der Waals surface area contributed by atoms with Crippen molar-refractivity contribution in [1.29, 1.82) is 0 Å². The van der Waals surface area contributed by atoms with Crippen molar-refractivity contribution < 1.29 is 19.1 Å². The van der Waals surface area contributed by atoms with Crippen LogP contribution in [0.3, 0.4) is 0 Å². The van der Waals surface area contributed by atoms with Crippen LogP contribution in [0.25, 0.3) is 0 Å². The molecule has 4 nitrogen and oxygen atoms in total. The van der Waals surface area contributed by atoms with Crippen LogP contribution < -0.4 is 0 Å². The number of allylic oxidation sites excluding steroid dienone is 1. The summed E-state index contributed by atoms with van der Waals surface area (Å²) in [6, 6.07) is 9.45. The van der Waals surface area contributed by atoms with Gasteiger partial charge in [-0.05, 0) is 25.8 Å². The van der Waals surface area contributed by atoms with Crippen LogP contribution in [-0.2, 0) is 19.1 Å². The second kappa shape index (κ2) is 9.91. The Kier molecular flexibility index (Phi) is 8.24. The SMILES string of the molecule is C=CC(c1ccccc1)C(CCCC)(C(=O)OCC)C(=O)OCC. The van der Waals surface area contributed by atoms with Crippen molar-refractivity contribution in [3.8, 4) is 0 Å². The van der Waals surface area contributed by atoms with Gasteiger partial charge in [0.2, 0.25) is 0 Å². The molecule has 0 aromatic heterocycles. The first-order chi connectivity index (χ1) is 11.6. The quantitative estimate of drug-likeness (QED) is 0.365. The van der Waals surface area contributed by atoms with E-state index in [2.05, 4.69) is 6.58 Å². The topological polar surface area (TPSA) is 52.6 Å². The number of esters is 2. The molecule has 1 aromatic carbocycles. The van der Waals surface area contributed by atoms with E-state index in [4.69, 9.17) is 9.47 Å². The lowest BCUT2D eigenvalue weighted by Gasteiger charge is -2.35. The van der Waals surface area contributed by atoms with Crippen molar-refractivity contribution >= 4 is 11.9 Å². The maximum Gasteiger partial charge on any atom is 0.324 e. The van der Waals surface area contributed by atoms with E-state index in [9.17, 15) is 9.59 Å². The summed E-state index contributed by atoms with van der Waals surface area (Å²) in [6.45, 7) is 9.80. The molecule has 1 unspecified atom stereocenters. The van der Waals surface area contributed by atoms with Gasteiger partial charge in [-0.25, -0.2) is 0 Å². The second-order valence-electron chi connectivity index (χ2n) is 5.64. The molecule has 0 N–H and O–H groups in total. The van der Waals surface area contributed by atoms with Gasteiger partial charge in [-0.2, -0.15) is 0 Å². The van der Waals surface area contributed by atoms with E-state index in [1.54, 1.807) is 19.9 Å². The van der Waals surface area contributed by atoms with Crippen LogP contribution in [0.15, 0.2) is 43.0 Å². The minimum absolute atomic E-state index is 0.213. The summed E-state index contributed by atoms with van der Waals surface area (Å²) in [5.74, 6) is -1.57. The summed E-state index contributed by atoms with van der Waals surface area (Å²) in [6.07, 6.45) is 3.60. The third-order valence-electron chi connectivity index (χ3n) is 4.13. The van der Waals surface area contributed by atoms with Gasteiger partial charge >= 0.3 is 11.9 Å². The molecular formula is C20H28O4. The molecule has 1 aromatic rings. The Morgan fingerprint density at radius 2 is 1.62 bits per heavy atom. The number of hydrogen-bond donors (Lipinski definition) is 0. The predicted molar refractivity (Wildman–Crippen MR) is 94.6 cm³/mol. The molecule has 0 aliphatic heterocycles. The fourth-order valence-corrected chi connectivity index (χ4v) is 2.95. The Morgan fingerprint density at radius 1 is 1.08 bits per heavy atom. The maximum atomic E-state index is 12.9. The molecule has 1 rings (SSSR count). The van der Waals surface area contributed by atoms with E-state index in [0.717, 1.165) is 18.4 Å². The molecule has 0 amide bonds. The normalized spacial score (nSPS) is 12.3. The molecule has 132 valence electrons. The first-order valence-electron chi connectivity index (χ1n) is 8.60. The number of ether oxygens (including phenoxy) is 2. The third-order valence-corrected chi connectivity index (χ3v) is 4.13. The Labute approximate surface area is 144 Å². The molecule has 0 heterocycles. The molecule has 0 aliphatic rings.